The summed E-state index contributed by atoms with van der Waals surface area (Å²) in [6, 6.07) is 1.81. The number of aryl methyl sites for hydroxylation is 2. The summed E-state index contributed by atoms with van der Waals surface area (Å²) >= 11 is 0. The predicted molar refractivity (Wildman–Crippen MR) is 68.9 cm³/mol. The second-order valence-electron chi connectivity index (χ2n) is 4.77. The first-order valence-electron chi connectivity index (χ1n) is 6.65. The third-order valence-electron chi connectivity index (χ3n) is 3.54. The van der Waals surface area contributed by atoms with Crippen LogP contribution in [0.25, 0.3) is 0 Å². The molecule has 104 valence electrons. The summed E-state index contributed by atoms with van der Waals surface area (Å²) in [5.74, 6) is -1.38. The van der Waals surface area contributed by atoms with Crippen molar-refractivity contribution in [1.29, 1.82) is 0 Å². The van der Waals surface area contributed by atoms with Crippen LogP contribution in [0.15, 0.2) is 6.07 Å². The first kappa shape index (κ1) is 13.6. The van der Waals surface area contributed by atoms with Crippen LogP contribution in [-0.2, 0) is 17.8 Å². The summed E-state index contributed by atoms with van der Waals surface area (Å²) in [5.41, 5.74) is 1.45. The van der Waals surface area contributed by atoms with Crippen LogP contribution in [0.3, 0.4) is 0 Å². The van der Waals surface area contributed by atoms with Crippen LogP contribution in [0.1, 0.15) is 36.5 Å². The Bertz CT molecular complexity index is 495. The molecule has 0 spiro atoms. The van der Waals surface area contributed by atoms with Gasteiger partial charge in [-0.1, -0.05) is 6.92 Å². The number of aromatic nitrogens is 2. The Morgan fingerprint density at radius 1 is 1.47 bits per heavy atom. The summed E-state index contributed by atoms with van der Waals surface area (Å²) < 4.78 is 1.69. The fourth-order valence-electron chi connectivity index (χ4n) is 2.36. The van der Waals surface area contributed by atoms with Gasteiger partial charge in [-0.15, -0.1) is 0 Å². The molecular formula is C13H19N3O3. The van der Waals surface area contributed by atoms with Crippen LogP contribution in [0.4, 0.5) is 0 Å². The van der Waals surface area contributed by atoms with Gasteiger partial charge in [0.15, 0.2) is 0 Å². The van der Waals surface area contributed by atoms with Crippen molar-refractivity contribution in [2.24, 2.45) is 5.92 Å². The molecule has 0 aliphatic carbocycles. The van der Waals surface area contributed by atoms with E-state index < -0.39 is 11.9 Å². The zero-order chi connectivity index (χ0) is 14.0. The second kappa shape index (κ2) is 5.42. The molecule has 1 aliphatic rings. The standard InChI is InChI=1S/C13H19N3O3/c1-3-10-7-11(16(4-2)14-10)12(17)15-6-5-9(8-15)13(18)19/h7,9H,3-6,8H2,1-2H3,(H,18,19). The quantitative estimate of drug-likeness (QED) is 0.881. The summed E-state index contributed by atoms with van der Waals surface area (Å²) in [6.45, 7) is 5.37. The number of nitrogens with zero attached hydrogens (tertiary/aromatic N) is 3. The Balaban J connectivity index is 2.16. The lowest BCUT2D eigenvalue weighted by Gasteiger charge is -2.16. The number of aliphatic carboxylic acids is 1. The minimum atomic E-state index is -0.825. The van der Waals surface area contributed by atoms with Gasteiger partial charge < -0.3 is 10.0 Å². The largest absolute Gasteiger partial charge is 0.481 e. The van der Waals surface area contributed by atoms with E-state index in [1.54, 1.807) is 15.6 Å². The smallest absolute Gasteiger partial charge is 0.308 e. The van der Waals surface area contributed by atoms with Crippen molar-refractivity contribution in [3.8, 4) is 0 Å². The van der Waals surface area contributed by atoms with E-state index in [4.69, 9.17) is 5.11 Å². The summed E-state index contributed by atoms with van der Waals surface area (Å²) in [4.78, 5) is 24.9. The van der Waals surface area contributed by atoms with Gasteiger partial charge in [-0.2, -0.15) is 5.10 Å². The molecule has 0 aromatic carbocycles. The van der Waals surface area contributed by atoms with Gasteiger partial charge in [0, 0.05) is 19.6 Å². The maximum Gasteiger partial charge on any atom is 0.308 e. The van der Waals surface area contributed by atoms with Crippen LogP contribution < -0.4 is 0 Å². The number of carboxylic acids is 1. The van der Waals surface area contributed by atoms with Gasteiger partial charge in [0.2, 0.25) is 0 Å². The highest BCUT2D eigenvalue weighted by atomic mass is 16.4. The number of hydrogen-bond acceptors (Lipinski definition) is 3. The van der Waals surface area contributed by atoms with Crippen LogP contribution in [0.2, 0.25) is 0 Å². The number of rotatable bonds is 4. The number of carboxylic acid groups (broad SMARTS) is 1. The minimum Gasteiger partial charge on any atom is -0.481 e. The molecule has 0 bridgehead atoms. The van der Waals surface area contributed by atoms with E-state index in [-0.39, 0.29) is 5.91 Å². The molecule has 6 nitrogen and oxygen atoms in total. The lowest BCUT2D eigenvalue weighted by Crippen LogP contribution is -2.31. The van der Waals surface area contributed by atoms with Crippen molar-refractivity contribution in [1.82, 2.24) is 14.7 Å². The van der Waals surface area contributed by atoms with Gasteiger partial charge in [-0.05, 0) is 25.8 Å². The zero-order valence-electron chi connectivity index (χ0n) is 11.3. The van der Waals surface area contributed by atoms with Crippen molar-refractivity contribution in [2.45, 2.75) is 33.2 Å². The van der Waals surface area contributed by atoms with E-state index in [9.17, 15) is 9.59 Å². The molecule has 19 heavy (non-hydrogen) atoms. The van der Waals surface area contributed by atoms with Crippen LogP contribution >= 0.6 is 0 Å². The number of hydrogen-bond donors (Lipinski definition) is 1. The molecule has 1 amide bonds. The monoisotopic (exact) mass is 265 g/mol. The Hall–Kier alpha value is -1.85. The first-order chi connectivity index (χ1) is 9.06. The van der Waals surface area contributed by atoms with E-state index in [1.807, 2.05) is 13.8 Å². The molecule has 1 N–H and O–H groups in total. The number of amides is 1. The van der Waals surface area contributed by atoms with Crippen molar-refractivity contribution >= 4 is 11.9 Å². The molecule has 1 saturated heterocycles. The fraction of sp³-hybridized carbons (Fsp3) is 0.615. The van der Waals surface area contributed by atoms with Crippen molar-refractivity contribution in [3.05, 3.63) is 17.5 Å². The molecule has 2 rings (SSSR count). The molecule has 1 atom stereocenters. The summed E-state index contributed by atoms with van der Waals surface area (Å²) in [6.07, 6.45) is 1.31. The van der Waals surface area contributed by atoms with E-state index in [1.165, 1.54) is 0 Å². The van der Waals surface area contributed by atoms with Crippen LogP contribution in [0, 0.1) is 5.92 Å². The molecule has 2 heterocycles. The van der Waals surface area contributed by atoms with Crippen molar-refractivity contribution < 1.29 is 14.7 Å². The number of carbonyl (C=O) groups excluding carboxylic acids is 1. The molecular weight excluding hydrogens is 246 g/mol. The average Bonchev–Trinajstić information content (AvgIpc) is 3.04. The Kier molecular flexibility index (Phi) is 3.87. The van der Waals surface area contributed by atoms with Crippen LogP contribution in [-0.4, -0.2) is 44.8 Å². The Morgan fingerprint density at radius 3 is 2.74 bits per heavy atom. The van der Waals surface area contributed by atoms with Crippen molar-refractivity contribution in [3.63, 3.8) is 0 Å². The highest BCUT2D eigenvalue weighted by Crippen LogP contribution is 2.19. The Morgan fingerprint density at radius 2 is 2.21 bits per heavy atom. The van der Waals surface area contributed by atoms with Gasteiger partial charge in [0.1, 0.15) is 5.69 Å². The maximum absolute atomic E-state index is 12.4. The topological polar surface area (TPSA) is 75.4 Å². The normalized spacial score (nSPS) is 18.8. The number of likely N-dealkylation sites (tertiary alicyclic amines) is 1. The van der Waals surface area contributed by atoms with E-state index in [2.05, 4.69) is 5.10 Å². The first-order valence-corrected chi connectivity index (χ1v) is 6.65. The highest BCUT2D eigenvalue weighted by Gasteiger charge is 2.32. The predicted octanol–water partition coefficient (Wildman–Crippen LogP) is 1.01. The lowest BCUT2D eigenvalue weighted by molar-refractivity contribution is -0.141. The lowest BCUT2D eigenvalue weighted by atomic mass is 10.1. The van der Waals surface area contributed by atoms with Gasteiger partial charge in [0.05, 0.1) is 11.6 Å². The summed E-state index contributed by atoms with van der Waals surface area (Å²) in [7, 11) is 0. The second-order valence-corrected chi connectivity index (χ2v) is 4.77. The molecule has 1 aromatic heterocycles. The third-order valence-corrected chi connectivity index (χ3v) is 3.54. The van der Waals surface area contributed by atoms with Gasteiger partial charge >= 0.3 is 5.97 Å². The molecule has 1 aliphatic heterocycles. The zero-order valence-corrected chi connectivity index (χ0v) is 11.3. The maximum atomic E-state index is 12.4. The van der Waals surface area contributed by atoms with E-state index in [0.717, 1.165) is 12.1 Å². The SMILES string of the molecule is CCc1cc(C(=O)N2CCC(C(=O)O)C2)n(CC)n1. The number of carbonyl (C=O) groups is 2. The Labute approximate surface area is 112 Å². The van der Waals surface area contributed by atoms with Gasteiger partial charge in [0.25, 0.3) is 5.91 Å². The highest BCUT2D eigenvalue weighted by molar-refractivity contribution is 5.93. The van der Waals surface area contributed by atoms with Gasteiger partial charge in [-0.3, -0.25) is 14.3 Å². The fourth-order valence-corrected chi connectivity index (χ4v) is 2.36. The molecule has 6 heteroatoms. The summed E-state index contributed by atoms with van der Waals surface area (Å²) in [5, 5.41) is 13.3. The average molecular weight is 265 g/mol. The molecule has 1 fully saturated rings. The minimum absolute atomic E-state index is 0.113. The molecule has 1 unspecified atom stereocenters. The molecule has 0 radical (unpaired) electrons. The van der Waals surface area contributed by atoms with Gasteiger partial charge in [-0.25, -0.2) is 0 Å². The van der Waals surface area contributed by atoms with E-state index >= 15 is 0 Å². The molecule has 1 aromatic rings. The van der Waals surface area contributed by atoms with Crippen molar-refractivity contribution in [2.75, 3.05) is 13.1 Å². The third kappa shape index (κ3) is 2.62. The van der Waals surface area contributed by atoms with Crippen LogP contribution in [0.5, 0.6) is 0 Å². The van der Waals surface area contributed by atoms with E-state index in [0.29, 0.717) is 31.7 Å². The molecule has 0 saturated carbocycles.